The second-order valence-corrected chi connectivity index (χ2v) is 4.11. The summed E-state index contributed by atoms with van der Waals surface area (Å²) in [5.41, 5.74) is -0.0233. The van der Waals surface area contributed by atoms with Crippen molar-refractivity contribution in [2.75, 3.05) is 0 Å². The van der Waals surface area contributed by atoms with Crippen LogP contribution in [0.4, 0.5) is 5.69 Å². The van der Waals surface area contributed by atoms with Crippen molar-refractivity contribution in [1.29, 1.82) is 0 Å². The first-order valence-electron chi connectivity index (χ1n) is 5.20. The van der Waals surface area contributed by atoms with Gasteiger partial charge in [-0.2, -0.15) is 0 Å². The summed E-state index contributed by atoms with van der Waals surface area (Å²) in [5, 5.41) is 13.5. The largest absolute Gasteiger partial charge is 0.350 e. The predicted molar refractivity (Wildman–Crippen MR) is 65.3 cm³/mol. The molecule has 92 valence electrons. The van der Waals surface area contributed by atoms with E-state index in [1.54, 1.807) is 0 Å². The average molecular weight is 257 g/mol. The third kappa shape index (κ3) is 3.42. The summed E-state index contributed by atoms with van der Waals surface area (Å²) in [6.07, 6.45) is 0.776. The standard InChI is InChI=1S/C11H13ClN2O3/c1-3-7(2)13-11(15)9-6-8(14(16)17)4-5-10(9)12/h4-7H,3H2,1-2H3,(H,13,15). The Balaban J connectivity index is 3.00. The number of carbonyl (C=O) groups excluding carboxylic acids is 1. The van der Waals surface area contributed by atoms with Crippen molar-refractivity contribution >= 4 is 23.2 Å². The highest BCUT2D eigenvalue weighted by molar-refractivity contribution is 6.33. The van der Waals surface area contributed by atoms with Crippen molar-refractivity contribution in [2.24, 2.45) is 0 Å². The van der Waals surface area contributed by atoms with Gasteiger partial charge in [0.1, 0.15) is 0 Å². The van der Waals surface area contributed by atoms with Gasteiger partial charge in [-0.1, -0.05) is 18.5 Å². The van der Waals surface area contributed by atoms with E-state index >= 15 is 0 Å². The Bertz CT molecular complexity index is 448. The molecule has 5 nitrogen and oxygen atoms in total. The molecular weight excluding hydrogens is 244 g/mol. The predicted octanol–water partition coefficient (Wildman–Crippen LogP) is 2.78. The van der Waals surface area contributed by atoms with Crippen molar-refractivity contribution in [1.82, 2.24) is 5.32 Å². The molecule has 1 unspecified atom stereocenters. The maximum Gasteiger partial charge on any atom is 0.270 e. The van der Waals surface area contributed by atoms with E-state index in [4.69, 9.17) is 11.6 Å². The molecule has 0 radical (unpaired) electrons. The van der Waals surface area contributed by atoms with Crippen LogP contribution in [0.3, 0.4) is 0 Å². The number of nitro benzene ring substituents is 1. The number of rotatable bonds is 4. The van der Waals surface area contributed by atoms with Crippen LogP contribution in [0.2, 0.25) is 5.02 Å². The zero-order valence-electron chi connectivity index (χ0n) is 9.57. The number of hydrogen-bond donors (Lipinski definition) is 1. The minimum absolute atomic E-state index is 0.00201. The van der Waals surface area contributed by atoms with Crippen LogP contribution in [0.25, 0.3) is 0 Å². The Morgan fingerprint density at radius 3 is 2.76 bits per heavy atom. The highest BCUT2D eigenvalue weighted by Gasteiger charge is 2.16. The number of hydrogen-bond acceptors (Lipinski definition) is 3. The molecule has 17 heavy (non-hydrogen) atoms. The molecule has 1 aromatic rings. The van der Waals surface area contributed by atoms with Gasteiger partial charge in [0.05, 0.1) is 15.5 Å². The lowest BCUT2D eigenvalue weighted by atomic mass is 10.1. The van der Waals surface area contributed by atoms with Crippen molar-refractivity contribution in [2.45, 2.75) is 26.3 Å². The molecule has 1 atom stereocenters. The lowest BCUT2D eigenvalue weighted by Crippen LogP contribution is -2.32. The van der Waals surface area contributed by atoms with Crippen LogP contribution in [0.1, 0.15) is 30.6 Å². The lowest BCUT2D eigenvalue weighted by Gasteiger charge is -2.11. The Hall–Kier alpha value is -1.62. The molecule has 0 aliphatic heterocycles. The van der Waals surface area contributed by atoms with Crippen molar-refractivity contribution in [3.63, 3.8) is 0 Å². The summed E-state index contributed by atoms with van der Waals surface area (Å²) in [5.74, 6) is -0.395. The second kappa shape index (κ2) is 5.63. The van der Waals surface area contributed by atoms with Gasteiger partial charge in [0.2, 0.25) is 0 Å². The fraction of sp³-hybridized carbons (Fsp3) is 0.364. The van der Waals surface area contributed by atoms with Gasteiger partial charge in [0, 0.05) is 18.2 Å². The third-order valence-corrected chi connectivity index (χ3v) is 2.72. The number of nitrogens with one attached hydrogen (secondary N) is 1. The fourth-order valence-corrected chi connectivity index (χ4v) is 1.41. The van der Waals surface area contributed by atoms with Crippen LogP contribution in [-0.4, -0.2) is 16.9 Å². The molecular formula is C11H13ClN2O3. The van der Waals surface area contributed by atoms with Gasteiger partial charge in [-0.05, 0) is 19.4 Å². The topological polar surface area (TPSA) is 72.2 Å². The molecule has 1 amide bonds. The minimum Gasteiger partial charge on any atom is -0.350 e. The number of nitro groups is 1. The number of benzene rings is 1. The molecule has 0 aromatic heterocycles. The number of halogens is 1. The van der Waals surface area contributed by atoms with Crippen LogP contribution in [0.15, 0.2) is 18.2 Å². The van der Waals surface area contributed by atoms with Gasteiger partial charge in [0.15, 0.2) is 0 Å². The monoisotopic (exact) mass is 256 g/mol. The number of non-ortho nitro benzene ring substituents is 1. The molecule has 1 rings (SSSR count). The molecule has 0 fully saturated rings. The first-order chi connectivity index (χ1) is 7.95. The van der Waals surface area contributed by atoms with Crippen molar-refractivity contribution in [3.05, 3.63) is 38.9 Å². The zero-order valence-corrected chi connectivity index (χ0v) is 10.3. The number of amides is 1. The summed E-state index contributed by atoms with van der Waals surface area (Å²) in [6.45, 7) is 3.78. The Labute approximate surface area is 104 Å². The first kappa shape index (κ1) is 13.4. The smallest absolute Gasteiger partial charge is 0.270 e. The second-order valence-electron chi connectivity index (χ2n) is 3.70. The normalized spacial score (nSPS) is 11.9. The molecule has 0 heterocycles. The minimum atomic E-state index is -0.559. The molecule has 0 spiro atoms. The van der Waals surface area contributed by atoms with E-state index in [9.17, 15) is 14.9 Å². The number of carbonyl (C=O) groups is 1. The van der Waals surface area contributed by atoms with Crippen LogP contribution in [-0.2, 0) is 0 Å². The lowest BCUT2D eigenvalue weighted by molar-refractivity contribution is -0.384. The number of nitrogens with zero attached hydrogens (tertiary/aromatic N) is 1. The molecule has 6 heteroatoms. The maximum absolute atomic E-state index is 11.8. The van der Waals surface area contributed by atoms with Crippen LogP contribution >= 0.6 is 11.6 Å². The summed E-state index contributed by atoms with van der Waals surface area (Å²) >= 11 is 5.84. The SMILES string of the molecule is CCC(C)NC(=O)c1cc([N+](=O)[O-])ccc1Cl. The van der Waals surface area contributed by atoms with E-state index < -0.39 is 10.8 Å². The summed E-state index contributed by atoms with van der Waals surface area (Å²) in [6, 6.07) is 3.80. The highest BCUT2D eigenvalue weighted by Crippen LogP contribution is 2.22. The molecule has 0 bridgehead atoms. The third-order valence-electron chi connectivity index (χ3n) is 2.40. The van der Waals surface area contributed by atoms with Gasteiger partial charge >= 0.3 is 0 Å². The Morgan fingerprint density at radius 2 is 2.24 bits per heavy atom. The molecule has 1 N–H and O–H groups in total. The van der Waals surface area contributed by atoms with E-state index in [0.717, 1.165) is 6.42 Å². The maximum atomic E-state index is 11.8. The Kier molecular flexibility index (Phi) is 4.45. The average Bonchev–Trinajstić information content (AvgIpc) is 2.28. The van der Waals surface area contributed by atoms with E-state index in [1.807, 2.05) is 13.8 Å². The van der Waals surface area contributed by atoms with Gasteiger partial charge in [-0.25, -0.2) is 0 Å². The molecule has 0 saturated heterocycles. The van der Waals surface area contributed by atoms with Crippen molar-refractivity contribution < 1.29 is 9.72 Å². The fourth-order valence-electron chi connectivity index (χ4n) is 1.20. The Morgan fingerprint density at radius 1 is 1.59 bits per heavy atom. The van der Waals surface area contributed by atoms with E-state index in [2.05, 4.69) is 5.32 Å². The first-order valence-corrected chi connectivity index (χ1v) is 5.58. The molecule has 0 aliphatic carbocycles. The quantitative estimate of drug-likeness (QED) is 0.665. The molecule has 1 aromatic carbocycles. The zero-order chi connectivity index (χ0) is 13.0. The van der Waals surface area contributed by atoms with Gasteiger partial charge in [-0.3, -0.25) is 14.9 Å². The van der Waals surface area contributed by atoms with E-state index in [-0.39, 0.29) is 22.3 Å². The van der Waals surface area contributed by atoms with Crippen LogP contribution in [0, 0.1) is 10.1 Å². The summed E-state index contributed by atoms with van der Waals surface area (Å²) in [4.78, 5) is 21.8. The summed E-state index contributed by atoms with van der Waals surface area (Å²) in [7, 11) is 0. The van der Waals surface area contributed by atoms with Crippen LogP contribution < -0.4 is 5.32 Å². The molecule has 0 aliphatic rings. The van der Waals surface area contributed by atoms with Gasteiger partial charge in [0.25, 0.3) is 11.6 Å². The van der Waals surface area contributed by atoms with Gasteiger partial charge in [-0.15, -0.1) is 0 Å². The van der Waals surface area contributed by atoms with E-state index in [0.29, 0.717) is 0 Å². The highest BCUT2D eigenvalue weighted by atomic mass is 35.5. The summed E-state index contributed by atoms with van der Waals surface area (Å²) < 4.78 is 0. The van der Waals surface area contributed by atoms with Gasteiger partial charge < -0.3 is 5.32 Å². The van der Waals surface area contributed by atoms with Crippen molar-refractivity contribution in [3.8, 4) is 0 Å². The molecule has 0 saturated carbocycles. The van der Waals surface area contributed by atoms with Crippen LogP contribution in [0.5, 0.6) is 0 Å². The van der Waals surface area contributed by atoms with E-state index in [1.165, 1.54) is 18.2 Å².